The lowest BCUT2D eigenvalue weighted by atomic mass is 9.91. The topological polar surface area (TPSA) is 55.8 Å². The summed E-state index contributed by atoms with van der Waals surface area (Å²) >= 11 is 0. The van der Waals surface area contributed by atoms with E-state index in [1.54, 1.807) is 0 Å². The van der Waals surface area contributed by atoms with Crippen LogP contribution < -0.4 is 4.90 Å². The van der Waals surface area contributed by atoms with Gasteiger partial charge in [0.15, 0.2) is 0 Å². The minimum Gasteiger partial charge on any atom is -0.333 e. The van der Waals surface area contributed by atoms with Gasteiger partial charge in [0.05, 0.1) is 34.8 Å². The molecule has 2 heterocycles. The molecule has 2 unspecified atom stereocenters. The number of hydrogen-bond acceptors (Lipinski definition) is 3. The molecule has 0 spiro atoms. The molecule has 1 aliphatic heterocycles. The lowest BCUT2D eigenvalue weighted by Gasteiger charge is -2.29. The first-order chi connectivity index (χ1) is 20.7. The Bertz CT molecular complexity index is 2090. The molecular weight excluding hydrogens is 512 g/mol. The van der Waals surface area contributed by atoms with Crippen molar-refractivity contribution < 1.29 is 0 Å². The molecule has 0 bridgehead atoms. The number of anilines is 2. The number of rotatable bonds is 3. The molecule has 198 valence electrons. The summed E-state index contributed by atoms with van der Waals surface area (Å²) in [7, 11) is 0. The molecule has 4 heteroatoms. The van der Waals surface area contributed by atoms with Gasteiger partial charge in [0.1, 0.15) is 0 Å². The molecule has 8 rings (SSSR count). The van der Waals surface area contributed by atoms with Gasteiger partial charge in [-0.15, -0.1) is 0 Å². The van der Waals surface area contributed by atoms with E-state index in [1.165, 1.54) is 22.5 Å². The molecule has 5 aromatic rings. The van der Waals surface area contributed by atoms with Crippen LogP contribution >= 0.6 is 0 Å². The first-order valence-corrected chi connectivity index (χ1v) is 14.4. The smallest absolute Gasteiger partial charge is 0.0992 e. The van der Waals surface area contributed by atoms with Gasteiger partial charge in [-0.1, -0.05) is 60.7 Å². The molecule has 1 aromatic heterocycles. The minimum atomic E-state index is 0.170. The van der Waals surface area contributed by atoms with E-state index in [0.717, 1.165) is 46.2 Å². The average molecular weight is 539 g/mol. The lowest BCUT2D eigenvalue weighted by molar-refractivity contribution is 0.745. The van der Waals surface area contributed by atoms with Crippen molar-refractivity contribution in [1.82, 2.24) is 4.57 Å². The fraction of sp³-hybridized carbons (Fsp3) is 0.105. The number of nitrogens with zero attached hydrogens (tertiary/aromatic N) is 4. The van der Waals surface area contributed by atoms with Crippen LogP contribution in [0, 0.1) is 22.7 Å². The second-order valence-electron chi connectivity index (χ2n) is 11.1. The molecule has 0 amide bonds. The fourth-order valence-corrected chi connectivity index (χ4v) is 6.98. The molecule has 4 nitrogen and oxygen atoms in total. The number of aryl methyl sites for hydroxylation is 1. The van der Waals surface area contributed by atoms with Gasteiger partial charge >= 0.3 is 0 Å². The van der Waals surface area contributed by atoms with E-state index in [9.17, 15) is 10.5 Å². The summed E-state index contributed by atoms with van der Waals surface area (Å²) in [6, 6.07) is 34.2. The van der Waals surface area contributed by atoms with Crippen molar-refractivity contribution in [3.8, 4) is 29.0 Å². The summed E-state index contributed by atoms with van der Waals surface area (Å²) in [6.07, 6.45) is 15.2. The zero-order chi connectivity index (χ0) is 28.2. The molecule has 2 atom stereocenters. The summed E-state index contributed by atoms with van der Waals surface area (Å²) < 4.78 is 2.31. The van der Waals surface area contributed by atoms with E-state index < -0.39 is 0 Å². The molecule has 0 saturated carbocycles. The Kier molecular flexibility index (Phi) is 5.49. The molecule has 3 aliphatic rings. The van der Waals surface area contributed by atoms with Gasteiger partial charge in [-0.05, 0) is 95.8 Å². The van der Waals surface area contributed by atoms with Crippen LogP contribution in [0.5, 0.6) is 0 Å². The Balaban J connectivity index is 1.28. The molecule has 0 radical (unpaired) electrons. The number of nitriles is 2. The maximum Gasteiger partial charge on any atom is 0.0992 e. The first kappa shape index (κ1) is 24.2. The molecule has 0 fully saturated rings. The van der Waals surface area contributed by atoms with Crippen molar-refractivity contribution in [2.75, 3.05) is 4.90 Å². The number of hydrogen-bond donors (Lipinski definition) is 0. The predicted molar refractivity (Wildman–Crippen MR) is 169 cm³/mol. The van der Waals surface area contributed by atoms with E-state index in [1.807, 2.05) is 24.3 Å². The highest BCUT2D eigenvalue weighted by Crippen LogP contribution is 2.48. The Morgan fingerprint density at radius 2 is 1.60 bits per heavy atom. The van der Waals surface area contributed by atoms with E-state index in [0.29, 0.717) is 11.1 Å². The fourth-order valence-electron chi connectivity index (χ4n) is 6.98. The quantitative estimate of drug-likeness (QED) is 0.231. The van der Waals surface area contributed by atoms with E-state index in [-0.39, 0.29) is 12.0 Å². The Hall–Kier alpha value is -5.58. The Morgan fingerprint density at radius 3 is 2.50 bits per heavy atom. The average Bonchev–Trinajstić information content (AvgIpc) is 3.57. The standard InChI is InChI=1S/C38H26N4/c39-23-25-16-17-38-34(20-25)33-12-3-6-15-37(33)41(38)29-9-7-8-27(21-29)28-18-26(24-40)19-30(22-28)42-35-13-4-1-10-31(35)32-11-2-5-14-36(32)42/h1-2,4-11,13-22,31,35H,3,12H2. The Labute approximate surface area is 245 Å². The largest absolute Gasteiger partial charge is 0.333 e. The van der Waals surface area contributed by atoms with E-state index in [4.69, 9.17) is 0 Å². The van der Waals surface area contributed by atoms with Crippen LogP contribution in [0.1, 0.15) is 40.3 Å². The summed E-state index contributed by atoms with van der Waals surface area (Å²) in [5, 5.41) is 20.8. The second kappa shape index (κ2) is 9.51. The normalized spacial score (nSPS) is 17.9. The Morgan fingerprint density at radius 1 is 0.738 bits per heavy atom. The van der Waals surface area contributed by atoms with Gasteiger partial charge in [0.2, 0.25) is 0 Å². The maximum atomic E-state index is 10.1. The highest BCUT2D eigenvalue weighted by molar-refractivity contribution is 5.92. The van der Waals surface area contributed by atoms with Crippen LogP contribution in [0.2, 0.25) is 0 Å². The molecular formula is C38H26N4. The van der Waals surface area contributed by atoms with Crippen LogP contribution in [0.3, 0.4) is 0 Å². The predicted octanol–water partition coefficient (Wildman–Crippen LogP) is 8.73. The van der Waals surface area contributed by atoms with Gasteiger partial charge < -0.3 is 9.47 Å². The highest BCUT2D eigenvalue weighted by Gasteiger charge is 2.37. The van der Waals surface area contributed by atoms with Crippen molar-refractivity contribution in [3.05, 3.63) is 143 Å². The third kappa shape index (κ3) is 3.66. The molecule has 42 heavy (non-hydrogen) atoms. The van der Waals surface area contributed by atoms with Gasteiger partial charge in [0, 0.05) is 34.1 Å². The van der Waals surface area contributed by atoms with Gasteiger partial charge in [-0.2, -0.15) is 10.5 Å². The summed E-state index contributed by atoms with van der Waals surface area (Å²) in [5.74, 6) is 0.284. The van der Waals surface area contributed by atoms with Gasteiger partial charge in [0.25, 0.3) is 0 Å². The number of benzene rings is 4. The van der Waals surface area contributed by atoms with E-state index in [2.05, 4.69) is 119 Å². The first-order valence-electron chi connectivity index (χ1n) is 14.4. The number of allylic oxidation sites excluding steroid dienone is 3. The second-order valence-corrected chi connectivity index (χ2v) is 11.1. The number of fused-ring (bicyclic) bond motifs is 6. The van der Waals surface area contributed by atoms with Crippen LogP contribution in [0.25, 0.3) is 33.8 Å². The van der Waals surface area contributed by atoms with Crippen molar-refractivity contribution >= 4 is 28.4 Å². The van der Waals surface area contributed by atoms with Crippen LogP contribution in [0.15, 0.2) is 115 Å². The molecule has 0 saturated heterocycles. The van der Waals surface area contributed by atoms with Crippen molar-refractivity contribution in [2.24, 2.45) is 0 Å². The van der Waals surface area contributed by atoms with Crippen molar-refractivity contribution in [3.63, 3.8) is 0 Å². The van der Waals surface area contributed by atoms with Crippen LogP contribution in [-0.4, -0.2) is 10.6 Å². The maximum absolute atomic E-state index is 10.1. The van der Waals surface area contributed by atoms with Crippen LogP contribution in [0.4, 0.5) is 11.4 Å². The molecule has 2 aliphatic carbocycles. The summed E-state index contributed by atoms with van der Waals surface area (Å²) in [4.78, 5) is 2.38. The highest BCUT2D eigenvalue weighted by atomic mass is 15.2. The lowest BCUT2D eigenvalue weighted by Crippen LogP contribution is -2.28. The number of aromatic nitrogens is 1. The van der Waals surface area contributed by atoms with Gasteiger partial charge in [-0.3, -0.25) is 0 Å². The minimum absolute atomic E-state index is 0.170. The number of para-hydroxylation sites is 1. The van der Waals surface area contributed by atoms with Crippen molar-refractivity contribution in [2.45, 2.75) is 24.8 Å². The summed E-state index contributed by atoms with van der Waals surface area (Å²) in [6.45, 7) is 0. The zero-order valence-corrected chi connectivity index (χ0v) is 22.9. The summed E-state index contributed by atoms with van der Waals surface area (Å²) in [5.41, 5.74) is 11.5. The van der Waals surface area contributed by atoms with Crippen molar-refractivity contribution in [1.29, 1.82) is 10.5 Å². The van der Waals surface area contributed by atoms with Gasteiger partial charge in [-0.25, -0.2) is 0 Å². The van der Waals surface area contributed by atoms with Crippen LogP contribution in [-0.2, 0) is 6.42 Å². The third-order valence-electron chi connectivity index (χ3n) is 8.80. The molecule has 0 N–H and O–H groups in total. The SMILES string of the molecule is N#Cc1cc(-c2cccc(-n3c4c(c5cc(C#N)ccc53)CCC=C4)c2)cc(N2c3ccccc3C3C=CC=CC32)c1. The third-order valence-corrected chi connectivity index (χ3v) is 8.80. The monoisotopic (exact) mass is 538 g/mol. The zero-order valence-electron chi connectivity index (χ0n) is 22.9. The van der Waals surface area contributed by atoms with E-state index >= 15 is 0 Å². The molecule has 4 aromatic carbocycles.